The van der Waals surface area contributed by atoms with Gasteiger partial charge in [-0.1, -0.05) is 0 Å². The summed E-state index contributed by atoms with van der Waals surface area (Å²) in [6.45, 7) is 12.4. The van der Waals surface area contributed by atoms with Crippen molar-refractivity contribution in [2.24, 2.45) is 0 Å². The lowest BCUT2D eigenvalue weighted by atomic mass is 9.98. The van der Waals surface area contributed by atoms with E-state index in [0.29, 0.717) is 0 Å². The molecular weight excluding hydrogens is 292 g/mol. The van der Waals surface area contributed by atoms with E-state index in [0.717, 1.165) is 32.5 Å². The number of aryl methyl sites for hydroxylation is 1. The number of piperidine rings is 1. The molecule has 1 saturated heterocycles. The Balaban J connectivity index is 1.94. The number of imidazole rings is 1. The first-order chi connectivity index (χ1) is 10.8. The molecular formula is C17H30N4O2. The minimum Gasteiger partial charge on any atom is -0.444 e. The summed E-state index contributed by atoms with van der Waals surface area (Å²) in [5, 5.41) is 3.59. The minimum atomic E-state index is -0.454. The molecule has 1 aromatic rings. The predicted octanol–water partition coefficient (Wildman–Crippen LogP) is 2.78. The second kappa shape index (κ2) is 7.34. The first-order valence-corrected chi connectivity index (χ1v) is 8.54. The third kappa shape index (κ3) is 4.70. The van der Waals surface area contributed by atoms with E-state index in [9.17, 15) is 4.79 Å². The van der Waals surface area contributed by atoms with Crippen LogP contribution in [0.3, 0.4) is 0 Å². The van der Waals surface area contributed by atoms with Crippen molar-refractivity contribution in [2.45, 2.75) is 78.2 Å². The fraction of sp³-hybridized carbons (Fsp3) is 0.765. The van der Waals surface area contributed by atoms with Crippen molar-refractivity contribution < 1.29 is 9.53 Å². The number of ether oxygens (including phenoxy) is 1. The smallest absolute Gasteiger partial charge is 0.410 e. The molecule has 0 spiro atoms. The first kappa shape index (κ1) is 17.8. The van der Waals surface area contributed by atoms with Crippen LogP contribution in [-0.2, 0) is 17.8 Å². The van der Waals surface area contributed by atoms with Crippen LogP contribution in [0, 0.1) is 0 Å². The largest absolute Gasteiger partial charge is 0.444 e. The summed E-state index contributed by atoms with van der Waals surface area (Å²) in [5.41, 5.74) is 0.722. The van der Waals surface area contributed by atoms with Crippen molar-refractivity contribution in [3.05, 3.63) is 18.2 Å². The molecule has 0 saturated carbocycles. The van der Waals surface area contributed by atoms with Gasteiger partial charge in [0, 0.05) is 37.9 Å². The molecule has 1 aliphatic heterocycles. The fourth-order valence-corrected chi connectivity index (χ4v) is 3.01. The molecule has 6 heteroatoms. The Bertz CT molecular complexity index is 521. The summed E-state index contributed by atoms with van der Waals surface area (Å²) in [6, 6.07) is 0.396. The lowest BCUT2D eigenvalue weighted by Crippen LogP contribution is -2.55. The molecule has 130 valence electrons. The Labute approximate surface area is 139 Å². The van der Waals surface area contributed by atoms with Crippen molar-refractivity contribution >= 4 is 6.09 Å². The lowest BCUT2D eigenvalue weighted by molar-refractivity contribution is 0.00695. The van der Waals surface area contributed by atoms with Gasteiger partial charge in [-0.15, -0.1) is 0 Å². The zero-order chi connectivity index (χ0) is 17.0. The Hall–Kier alpha value is -1.56. The standard InChI is InChI=1S/C17H30N4O2/c1-6-20-12-18-10-14(20)11-19-15-8-7-9-21(13(15)2)16(22)23-17(3,4)5/h10,12-13,15,19H,6-9,11H2,1-5H3. The molecule has 0 aromatic carbocycles. The summed E-state index contributed by atoms with van der Waals surface area (Å²) >= 11 is 0. The van der Waals surface area contributed by atoms with E-state index in [4.69, 9.17) is 4.74 Å². The van der Waals surface area contributed by atoms with Gasteiger partial charge in [-0.05, 0) is 47.5 Å². The summed E-state index contributed by atoms with van der Waals surface area (Å²) in [6.07, 6.45) is 5.61. The number of amides is 1. The molecule has 6 nitrogen and oxygen atoms in total. The van der Waals surface area contributed by atoms with Gasteiger partial charge in [-0.2, -0.15) is 0 Å². The van der Waals surface area contributed by atoms with Crippen molar-refractivity contribution in [1.82, 2.24) is 19.8 Å². The van der Waals surface area contributed by atoms with Crippen molar-refractivity contribution in [1.29, 1.82) is 0 Å². The number of hydrogen-bond donors (Lipinski definition) is 1. The Kier molecular flexibility index (Phi) is 5.68. The van der Waals surface area contributed by atoms with E-state index in [2.05, 4.69) is 28.7 Å². The molecule has 2 heterocycles. The zero-order valence-corrected chi connectivity index (χ0v) is 15.0. The van der Waals surface area contributed by atoms with Crippen LogP contribution in [-0.4, -0.2) is 44.8 Å². The lowest BCUT2D eigenvalue weighted by Gasteiger charge is -2.40. The van der Waals surface area contributed by atoms with E-state index >= 15 is 0 Å². The summed E-state index contributed by atoms with van der Waals surface area (Å²) in [4.78, 5) is 18.4. The van der Waals surface area contributed by atoms with Gasteiger partial charge < -0.3 is 19.5 Å². The van der Waals surface area contributed by atoms with Crippen LogP contribution in [0.25, 0.3) is 0 Å². The van der Waals surface area contributed by atoms with Gasteiger partial charge in [0.2, 0.25) is 0 Å². The van der Waals surface area contributed by atoms with Crippen molar-refractivity contribution in [3.8, 4) is 0 Å². The first-order valence-electron chi connectivity index (χ1n) is 8.54. The van der Waals surface area contributed by atoms with Crippen LogP contribution in [0.1, 0.15) is 53.2 Å². The predicted molar refractivity (Wildman–Crippen MR) is 90.2 cm³/mol. The average molecular weight is 322 g/mol. The second-order valence-corrected chi connectivity index (χ2v) is 7.21. The van der Waals surface area contributed by atoms with Gasteiger partial charge >= 0.3 is 6.09 Å². The molecule has 0 radical (unpaired) electrons. The van der Waals surface area contributed by atoms with E-state index < -0.39 is 5.60 Å². The molecule has 0 aliphatic carbocycles. The maximum atomic E-state index is 12.4. The quantitative estimate of drug-likeness (QED) is 0.926. The van der Waals surface area contributed by atoms with E-state index in [1.165, 1.54) is 5.69 Å². The van der Waals surface area contributed by atoms with Crippen molar-refractivity contribution in [2.75, 3.05) is 6.54 Å². The number of carbonyl (C=O) groups excluding carboxylic acids is 1. The molecule has 1 aromatic heterocycles. The van der Waals surface area contributed by atoms with Crippen molar-refractivity contribution in [3.63, 3.8) is 0 Å². The average Bonchev–Trinajstić information content (AvgIpc) is 2.91. The van der Waals surface area contributed by atoms with Gasteiger partial charge in [-0.3, -0.25) is 0 Å². The molecule has 1 aliphatic rings. The van der Waals surface area contributed by atoms with Crippen LogP contribution in [0.15, 0.2) is 12.5 Å². The molecule has 1 amide bonds. The topological polar surface area (TPSA) is 59.4 Å². The highest BCUT2D eigenvalue weighted by Gasteiger charge is 2.33. The Morgan fingerprint density at radius 2 is 2.22 bits per heavy atom. The third-order valence-electron chi connectivity index (χ3n) is 4.30. The molecule has 1 N–H and O–H groups in total. The van der Waals surface area contributed by atoms with Crippen LogP contribution < -0.4 is 5.32 Å². The van der Waals surface area contributed by atoms with Gasteiger partial charge in [-0.25, -0.2) is 9.78 Å². The zero-order valence-electron chi connectivity index (χ0n) is 15.0. The molecule has 2 unspecified atom stereocenters. The maximum Gasteiger partial charge on any atom is 0.410 e. The SMILES string of the molecule is CCn1cncc1CNC1CCCN(C(=O)OC(C)(C)C)C1C. The summed E-state index contributed by atoms with van der Waals surface area (Å²) in [7, 11) is 0. The Morgan fingerprint density at radius 1 is 1.48 bits per heavy atom. The van der Waals surface area contributed by atoms with Crippen LogP contribution >= 0.6 is 0 Å². The van der Waals surface area contributed by atoms with Gasteiger partial charge in [0.25, 0.3) is 0 Å². The number of likely N-dealkylation sites (tertiary alicyclic amines) is 1. The highest BCUT2D eigenvalue weighted by molar-refractivity contribution is 5.68. The molecule has 2 rings (SSSR count). The normalized spacial score (nSPS) is 22.2. The molecule has 1 fully saturated rings. The Morgan fingerprint density at radius 3 is 2.87 bits per heavy atom. The van der Waals surface area contributed by atoms with Gasteiger partial charge in [0.1, 0.15) is 5.60 Å². The molecule has 2 atom stereocenters. The minimum absolute atomic E-state index is 0.122. The number of aromatic nitrogens is 2. The molecule has 0 bridgehead atoms. The van der Waals surface area contributed by atoms with E-state index in [-0.39, 0.29) is 18.2 Å². The van der Waals surface area contributed by atoms with E-state index in [1.54, 1.807) is 0 Å². The number of nitrogens with zero attached hydrogens (tertiary/aromatic N) is 3. The van der Waals surface area contributed by atoms with Crippen LogP contribution in [0.5, 0.6) is 0 Å². The fourth-order valence-electron chi connectivity index (χ4n) is 3.01. The summed E-state index contributed by atoms with van der Waals surface area (Å²) in [5.74, 6) is 0. The number of carbonyl (C=O) groups is 1. The van der Waals surface area contributed by atoms with Gasteiger partial charge in [0.15, 0.2) is 0 Å². The highest BCUT2D eigenvalue weighted by Crippen LogP contribution is 2.21. The summed E-state index contributed by atoms with van der Waals surface area (Å²) < 4.78 is 7.66. The maximum absolute atomic E-state index is 12.4. The number of nitrogens with one attached hydrogen (secondary N) is 1. The number of rotatable bonds is 4. The monoisotopic (exact) mass is 322 g/mol. The van der Waals surface area contributed by atoms with E-state index in [1.807, 2.05) is 38.2 Å². The van der Waals surface area contributed by atoms with Crippen LogP contribution in [0.2, 0.25) is 0 Å². The van der Waals surface area contributed by atoms with Gasteiger partial charge in [0.05, 0.1) is 12.0 Å². The highest BCUT2D eigenvalue weighted by atomic mass is 16.6. The van der Waals surface area contributed by atoms with Crippen LogP contribution in [0.4, 0.5) is 4.79 Å². The molecule has 23 heavy (non-hydrogen) atoms. The number of hydrogen-bond acceptors (Lipinski definition) is 4. The second-order valence-electron chi connectivity index (χ2n) is 7.21. The third-order valence-corrected chi connectivity index (χ3v) is 4.30.